The van der Waals surface area contributed by atoms with E-state index < -0.39 is 12.1 Å². The van der Waals surface area contributed by atoms with Crippen molar-refractivity contribution in [2.24, 2.45) is 0 Å². The summed E-state index contributed by atoms with van der Waals surface area (Å²) in [6.07, 6.45) is 21.9. The van der Waals surface area contributed by atoms with Gasteiger partial charge >= 0.3 is 5.97 Å². The van der Waals surface area contributed by atoms with E-state index in [1.54, 1.807) is 0 Å². The van der Waals surface area contributed by atoms with Crippen LogP contribution in [-0.4, -0.2) is 29.6 Å². The number of esters is 1. The Morgan fingerprint density at radius 3 is 1.96 bits per heavy atom. The average molecular weight is 381 g/mol. The van der Waals surface area contributed by atoms with Gasteiger partial charge in [-0.15, -0.1) is 0 Å². The molecule has 0 aromatic heterocycles. The number of allylic oxidation sites excluding steroid dienone is 4. The van der Waals surface area contributed by atoms with Gasteiger partial charge in [-0.05, 0) is 44.6 Å². The van der Waals surface area contributed by atoms with Crippen LogP contribution in [0.1, 0.15) is 97.3 Å². The molecule has 0 amide bonds. The minimum atomic E-state index is -0.922. The Bertz CT molecular complexity index is 426. The summed E-state index contributed by atoms with van der Waals surface area (Å²) in [6.45, 7) is 3.40. The molecule has 0 radical (unpaired) electrons. The molecule has 0 bridgehead atoms. The number of carbonyl (C=O) groups is 2. The van der Waals surface area contributed by atoms with Gasteiger partial charge in [-0.1, -0.05) is 63.7 Å². The summed E-state index contributed by atoms with van der Waals surface area (Å²) in [7, 11) is 0. The molecule has 0 saturated heterocycles. The lowest BCUT2D eigenvalue weighted by molar-refractivity contribution is -0.144. The molecule has 0 aliphatic carbocycles. The molecule has 1 atom stereocenters. The highest BCUT2D eigenvalue weighted by Gasteiger charge is 2.09. The van der Waals surface area contributed by atoms with Crippen molar-refractivity contribution in [2.45, 2.75) is 103 Å². The number of hydrogen-bond donors (Lipinski definition) is 1. The summed E-state index contributed by atoms with van der Waals surface area (Å²) in [5, 5.41) is 9.56. The molecule has 4 heteroatoms. The zero-order valence-corrected chi connectivity index (χ0v) is 17.5. The minimum absolute atomic E-state index is 0.00677. The van der Waals surface area contributed by atoms with Crippen molar-refractivity contribution in [3.63, 3.8) is 0 Å². The molecule has 0 saturated carbocycles. The molecule has 0 aromatic rings. The molecule has 156 valence electrons. The second kappa shape index (κ2) is 19.3. The summed E-state index contributed by atoms with van der Waals surface area (Å²) in [4.78, 5) is 22.3. The zero-order valence-electron chi connectivity index (χ0n) is 17.5. The summed E-state index contributed by atoms with van der Waals surface area (Å²) in [6, 6.07) is 0. The molecule has 0 spiro atoms. The Labute approximate surface area is 166 Å². The third kappa shape index (κ3) is 20.7. The Balaban J connectivity index is 3.44. The lowest BCUT2D eigenvalue weighted by Crippen LogP contribution is -2.20. The van der Waals surface area contributed by atoms with E-state index in [4.69, 9.17) is 0 Å². The van der Waals surface area contributed by atoms with Crippen LogP contribution in [-0.2, 0) is 14.3 Å². The van der Waals surface area contributed by atoms with Crippen LogP contribution in [0.3, 0.4) is 0 Å². The molecule has 1 unspecified atom stereocenters. The topological polar surface area (TPSA) is 63.6 Å². The Morgan fingerprint density at radius 1 is 0.852 bits per heavy atom. The van der Waals surface area contributed by atoms with Gasteiger partial charge in [0.25, 0.3) is 0 Å². The van der Waals surface area contributed by atoms with Gasteiger partial charge in [0, 0.05) is 13.3 Å². The Morgan fingerprint density at radius 2 is 1.37 bits per heavy atom. The summed E-state index contributed by atoms with van der Waals surface area (Å²) in [5.74, 6) is -0.582. The maximum Gasteiger partial charge on any atom is 0.302 e. The van der Waals surface area contributed by atoms with Gasteiger partial charge in [0.05, 0.1) is 6.10 Å². The number of unbranched alkanes of at least 4 members (excludes halogenated alkanes) is 10. The fourth-order valence-electron chi connectivity index (χ4n) is 2.77. The van der Waals surface area contributed by atoms with Gasteiger partial charge in [-0.3, -0.25) is 9.59 Å². The first-order valence-electron chi connectivity index (χ1n) is 10.7. The zero-order chi connectivity index (χ0) is 20.2. The molecule has 0 fully saturated rings. The van der Waals surface area contributed by atoms with E-state index in [9.17, 15) is 14.7 Å². The van der Waals surface area contributed by atoms with E-state index in [0.29, 0.717) is 0 Å². The highest BCUT2D eigenvalue weighted by Crippen LogP contribution is 2.09. The molecular weight excluding hydrogens is 340 g/mol. The van der Waals surface area contributed by atoms with Crippen molar-refractivity contribution >= 4 is 11.8 Å². The van der Waals surface area contributed by atoms with Gasteiger partial charge in [-0.2, -0.15) is 0 Å². The third-order valence-electron chi connectivity index (χ3n) is 4.35. The van der Waals surface area contributed by atoms with E-state index in [1.165, 1.54) is 64.4 Å². The summed E-state index contributed by atoms with van der Waals surface area (Å²) < 4.78 is 4.66. The third-order valence-corrected chi connectivity index (χ3v) is 4.35. The summed E-state index contributed by atoms with van der Waals surface area (Å²) >= 11 is 0. The van der Waals surface area contributed by atoms with Gasteiger partial charge in [0.15, 0.2) is 5.78 Å². The largest absolute Gasteiger partial charge is 0.463 e. The maximum absolute atomic E-state index is 11.6. The van der Waals surface area contributed by atoms with Crippen LogP contribution in [0.2, 0.25) is 0 Å². The van der Waals surface area contributed by atoms with Gasteiger partial charge in [-0.25, -0.2) is 0 Å². The van der Waals surface area contributed by atoms with Crippen LogP contribution in [0.15, 0.2) is 24.3 Å². The predicted molar refractivity (Wildman–Crippen MR) is 112 cm³/mol. The number of ether oxygens (including phenoxy) is 1. The number of hydrogen-bond acceptors (Lipinski definition) is 4. The van der Waals surface area contributed by atoms with Crippen molar-refractivity contribution in [3.8, 4) is 0 Å². The Hall–Kier alpha value is -1.42. The molecule has 0 heterocycles. The lowest BCUT2D eigenvalue weighted by Gasteiger charge is -2.07. The quantitative estimate of drug-likeness (QED) is 0.144. The van der Waals surface area contributed by atoms with Crippen molar-refractivity contribution in [3.05, 3.63) is 24.3 Å². The predicted octanol–water partition coefficient (Wildman–Crippen LogP) is 5.68. The number of aliphatic hydroxyl groups is 1. The van der Waals surface area contributed by atoms with E-state index in [0.717, 1.165) is 25.7 Å². The van der Waals surface area contributed by atoms with Crippen LogP contribution in [0.5, 0.6) is 0 Å². The highest BCUT2D eigenvalue weighted by atomic mass is 16.5. The molecule has 0 rings (SSSR count). The lowest BCUT2D eigenvalue weighted by atomic mass is 10.1. The molecule has 0 aromatic carbocycles. The van der Waals surface area contributed by atoms with Crippen molar-refractivity contribution in [2.75, 3.05) is 6.61 Å². The van der Waals surface area contributed by atoms with E-state index in [2.05, 4.69) is 23.8 Å². The van der Waals surface area contributed by atoms with E-state index >= 15 is 0 Å². The first-order chi connectivity index (χ1) is 13.1. The van der Waals surface area contributed by atoms with Crippen LogP contribution >= 0.6 is 0 Å². The standard InChI is InChI=1S/C23H40O4/c1-3-4-5-6-7-8-9-10-11-12-13-14-15-16-17-18-22(25)19-23(26)20-27-21(2)24/h10-11,17-18,23,26H,3-9,12-16,19-20H2,1-2H3/b11-10-,18-17+. The van der Waals surface area contributed by atoms with Crippen LogP contribution < -0.4 is 0 Å². The van der Waals surface area contributed by atoms with Crippen molar-refractivity contribution in [1.82, 2.24) is 0 Å². The normalized spacial score (nSPS) is 12.7. The maximum atomic E-state index is 11.6. The van der Waals surface area contributed by atoms with Gasteiger partial charge in [0.1, 0.15) is 6.61 Å². The first kappa shape index (κ1) is 25.6. The number of aliphatic hydroxyl groups excluding tert-OH is 1. The van der Waals surface area contributed by atoms with Gasteiger partial charge in [0.2, 0.25) is 0 Å². The molecule has 0 aliphatic rings. The molecule has 27 heavy (non-hydrogen) atoms. The fraction of sp³-hybridized carbons (Fsp3) is 0.739. The second-order valence-electron chi connectivity index (χ2n) is 7.20. The molecular formula is C23H40O4. The van der Waals surface area contributed by atoms with Crippen molar-refractivity contribution in [1.29, 1.82) is 0 Å². The second-order valence-corrected chi connectivity index (χ2v) is 7.20. The molecule has 4 nitrogen and oxygen atoms in total. The van der Waals surface area contributed by atoms with E-state index in [-0.39, 0.29) is 18.8 Å². The minimum Gasteiger partial charge on any atom is -0.463 e. The highest BCUT2D eigenvalue weighted by molar-refractivity contribution is 5.89. The van der Waals surface area contributed by atoms with Crippen molar-refractivity contribution < 1.29 is 19.4 Å². The number of carbonyl (C=O) groups excluding carboxylic acids is 2. The fourth-order valence-corrected chi connectivity index (χ4v) is 2.77. The van der Waals surface area contributed by atoms with E-state index in [1.807, 2.05) is 6.08 Å². The smallest absolute Gasteiger partial charge is 0.302 e. The first-order valence-corrected chi connectivity index (χ1v) is 10.7. The SMILES string of the molecule is CCCCCCCC/C=C\CCCCC/C=C/C(=O)CC(O)COC(C)=O. The Kier molecular flexibility index (Phi) is 18.3. The molecule has 1 N–H and O–H groups in total. The van der Waals surface area contributed by atoms with Gasteiger partial charge < -0.3 is 9.84 Å². The van der Waals surface area contributed by atoms with Crippen LogP contribution in [0.4, 0.5) is 0 Å². The molecule has 0 aliphatic heterocycles. The average Bonchev–Trinajstić information content (AvgIpc) is 2.63. The number of rotatable bonds is 18. The van der Waals surface area contributed by atoms with Crippen LogP contribution in [0.25, 0.3) is 0 Å². The van der Waals surface area contributed by atoms with Crippen LogP contribution in [0, 0.1) is 0 Å². The monoisotopic (exact) mass is 380 g/mol. The summed E-state index contributed by atoms with van der Waals surface area (Å²) in [5.41, 5.74) is 0. The number of ketones is 1.